The summed E-state index contributed by atoms with van der Waals surface area (Å²) in [5, 5.41) is 19.3. The van der Waals surface area contributed by atoms with E-state index in [0.29, 0.717) is 12.8 Å². The molecule has 0 saturated heterocycles. The largest absolute Gasteiger partial charge is 0.481 e. The Labute approximate surface area is 89.7 Å². The quantitative estimate of drug-likeness (QED) is 0.628. The van der Waals surface area contributed by atoms with E-state index in [2.05, 4.69) is 0 Å². The number of hydrogen-bond acceptors (Lipinski definition) is 3. The number of carbonyl (C=O) groups is 1. The van der Waals surface area contributed by atoms with Crippen molar-refractivity contribution in [3.05, 3.63) is 39.7 Å². The Kier molecular flexibility index (Phi) is 2.15. The van der Waals surface area contributed by atoms with Crippen LogP contribution in [0.1, 0.15) is 18.4 Å². The third kappa shape index (κ3) is 1.42. The maximum Gasteiger partial charge on any atom is 0.314 e. The Morgan fingerprint density at radius 2 is 2.12 bits per heavy atom. The van der Waals surface area contributed by atoms with Crippen molar-refractivity contribution in [2.45, 2.75) is 18.3 Å². The molecule has 6 heteroatoms. The average molecular weight is 225 g/mol. The van der Waals surface area contributed by atoms with Crippen LogP contribution in [0.4, 0.5) is 10.1 Å². The summed E-state index contributed by atoms with van der Waals surface area (Å²) >= 11 is 0. The summed E-state index contributed by atoms with van der Waals surface area (Å²) < 4.78 is 13.5. The lowest BCUT2D eigenvalue weighted by Crippen LogP contribution is -2.20. The van der Waals surface area contributed by atoms with Gasteiger partial charge in [0.15, 0.2) is 0 Å². The molecule has 1 N–H and O–H groups in total. The van der Waals surface area contributed by atoms with Gasteiger partial charge in [-0.1, -0.05) is 0 Å². The number of carboxylic acid groups (broad SMARTS) is 1. The van der Waals surface area contributed by atoms with Crippen molar-refractivity contribution in [1.82, 2.24) is 0 Å². The van der Waals surface area contributed by atoms with Gasteiger partial charge in [-0.05, 0) is 18.9 Å². The zero-order valence-corrected chi connectivity index (χ0v) is 8.14. The van der Waals surface area contributed by atoms with Gasteiger partial charge >= 0.3 is 5.97 Å². The number of rotatable bonds is 3. The highest BCUT2D eigenvalue weighted by Gasteiger charge is 2.53. The molecule has 0 unspecified atom stereocenters. The first kappa shape index (κ1) is 10.5. The Balaban J connectivity index is 2.45. The van der Waals surface area contributed by atoms with Crippen LogP contribution in [0, 0.1) is 15.9 Å². The molecule has 1 aromatic rings. The van der Waals surface area contributed by atoms with E-state index in [1.807, 2.05) is 0 Å². The van der Waals surface area contributed by atoms with Gasteiger partial charge in [0.05, 0.1) is 16.4 Å². The molecule has 1 saturated carbocycles. The van der Waals surface area contributed by atoms with Crippen molar-refractivity contribution in [2.75, 3.05) is 0 Å². The molecular formula is C10H8FNO4. The van der Waals surface area contributed by atoms with Gasteiger partial charge in [0.1, 0.15) is 5.82 Å². The van der Waals surface area contributed by atoms with E-state index in [0.717, 1.165) is 12.1 Å². The molecule has 16 heavy (non-hydrogen) atoms. The second-order valence-corrected chi connectivity index (χ2v) is 3.81. The molecule has 1 aliphatic rings. The zero-order chi connectivity index (χ0) is 11.9. The van der Waals surface area contributed by atoms with E-state index >= 15 is 0 Å². The first-order valence-electron chi connectivity index (χ1n) is 4.65. The summed E-state index contributed by atoms with van der Waals surface area (Å²) in [4.78, 5) is 20.6. The topological polar surface area (TPSA) is 80.4 Å². The monoisotopic (exact) mass is 225 g/mol. The van der Waals surface area contributed by atoms with E-state index in [4.69, 9.17) is 5.11 Å². The highest BCUT2D eigenvalue weighted by Crippen LogP contribution is 2.49. The minimum atomic E-state index is -1.17. The summed E-state index contributed by atoms with van der Waals surface area (Å²) in [7, 11) is 0. The van der Waals surface area contributed by atoms with Crippen molar-refractivity contribution in [3.8, 4) is 0 Å². The number of aliphatic carboxylic acids is 1. The smallest absolute Gasteiger partial charge is 0.314 e. The van der Waals surface area contributed by atoms with Gasteiger partial charge in [0, 0.05) is 11.6 Å². The van der Waals surface area contributed by atoms with Gasteiger partial charge in [-0.3, -0.25) is 14.9 Å². The summed E-state index contributed by atoms with van der Waals surface area (Å²) in [5.41, 5.74) is -1.51. The van der Waals surface area contributed by atoms with Crippen LogP contribution in [0.15, 0.2) is 18.2 Å². The molecule has 1 aromatic carbocycles. The summed E-state index contributed by atoms with van der Waals surface area (Å²) in [6, 6.07) is 3.08. The lowest BCUT2D eigenvalue weighted by Gasteiger charge is -2.10. The molecule has 0 spiro atoms. The van der Waals surface area contributed by atoms with Gasteiger partial charge < -0.3 is 5.11 Å². The van der Waals surface area contributed by atoms with E-state index in [1.165, 1.54) is 6.07 Å². The third-order valence-electron chi connectivity index (χ3n) is 2.84. The summed E-state index contributed by atoms with van der Waals surface area (Å²) in [5.74, 6) is -1.91. The Bertz CT molecular complexity index is 482. The Morgan fingerprint density at radius 3 is 2.50 bits per heavy atom. The van der Waals surface area contributed by atoms with Gasteiger partial charge in [-0.15, -0.1) is 0 Å². The molecule has 1 fully saturated rings. The molecule has 84 valence electrons. The van der Waals surface area contributed by atoms with Crippen molar-refractivity contribution in [2.24, 2.45) is 0 Å². The lowest BCUT2D eigenvalue weighted by atomic mass is 9.95. The van der Waals surface area contributed by atoms with Crippen LogP contribution in [0.5, 0.6) is 0 Å². The third-order valence-corrected chi connectivity index (χ3v) is 2.84. The Hall–Kier alpha value is -1.98. The predicted octanol–water partition coefficient (Wildman–Crippen LogP) is 1.85. The fraction of sp³-hybridized carbons (Fsp3) is 0.300. The normalized spacial score (nSPS) is 16.8. The average Bonchev–Trinajstić information content (AvgIpc) is 2.98. The van der Waals surface area contributed by atoms with E-state index in [1.54, 1.807) is 0 Å². The molecule has 0 radical (unpaired) electrons. The van der Waals surface area contributed by atoms with Crippen molar-refractivity contribution in [3.63, 3.8) is 0 Å². The highest BCUT2D eigenvalue weighted by molar-refractivity contribution is 5.85. The molecule has 0 amide bonds. The lowest BCUT2D eigenvalue weighted by molar-refractivity contribution is -0.385. The van der Waals surface area contributed by atoms with E-state index in [9.17, 15) is 19.3 Å². The van der Waals surface area contributed by atoms with Crippen LogP contribution >= 0.6 is 0 Å². The minimum Gasteiger partial charge on any atom is -0.481 e. The van der Waals surface area contributed by atoms with E-state index < -0.39 is 22.1 Å². The van der Waals surface area contributed by atoms with Crippen LogP contribution in [0.3, 0.4) is 0 Å². The standard InChI is InChI=1S/C10H8FNO4/c11-8-5-6(12(15)16)1-2-7(8)10(3-4-10)9(13)14/h1-2,5H,3-4H2,(H,13,14). The van der Waals surface area contributed by atoms with Gasteiger partial charge in [-0.2, -0.15) is 0 Å². The number of nitrogens with zero attached hydrogens (tertiary/aromatic N) is 1. The molecule has 0 heterocycles. The van der Waals surface area contributed by atoms with E-state index in [-0.39, 0.29) is 11.3 Å². The number of benzene rings is 1. The number of nitro benzene ring substituents is 1. The molecular weight excluding hydrogens is 217 g/mol. The molecule has 0 bridgehead atoms. The number of carboxylic acids is 1. The fourth-order valence-corrected chi connectivity index (χ4v) is 1.73. The predicted molar refractivity (Wildman–Crippen MR) is 51.6 cm³/mol. The molecule has 1 aliphatic carbocycles. The minimum absolute atomic E-state index is 0.0330. The Morgan fingerprint density at radius 1 is 1.50 bits per heavy atom. The van der Waals surface area contributed by atoms with Gasteiger partial charge in [0.2, 0.25) is 0 Å². The van der Waals surface area contributed by atoms with Crippen molar-refractivity contribution < 1.29 is 19.2 Å². The number of non-ortho nitro benzene ring substituents is 1. The number of nitro groups is 1. The fourth-order valence-electron chi connectivity index (χ4n) is 1.73. The second-order valence-electron chi connectivity index (χ2n) is 3.81. The molecule has 0 aromatic heterocycles. The maximum atomic E-state index is 13.5. The molecule has 0 aliphatic heterocycles. The highest BCUT2D eigenvalue weighted by atomic mass is 19.1. The van der Waals surface area contributed by atoms with Crippen molar-refractivity contribution >= 4 is 11.7 Å². The molecule has 0 atom stereocenters. The summed E-state index contributed by atoms with van der Waals surface area (Å²) in [6.45, 7) is 0. The number of hydrogen-bond donors (Lipinski definition) is 1. The first-order chi connectivity index (χ1) is 7.47. The molecule has 5 nitrogen and oxygen atoms in total. The molecule has 2 rings (SSSR count). The first-order valence-corrected chi connectivity index (χ1v) is 4.65. The van der Waals surface area contributed by atoms with Gasteiger partial charge in [-0.25, -0.2) is 4.39 Å². The zero-order valence-electron chi connectivity index (χ0n) is 8.14. The van der Waals surface area contributed by atoms with Gasteiger partial charge in [0.25, 0.3) is 5.69 Å². The SMILES string of the molecule is O=C(O)C1(c2ccc([N+](=O)[O-])cc2F)CC1. The maximum absolute atomic E-state index is 13.5. The van der Waals surface area contributed by atoms with Crippen LogP contribution in [0.25, 0.3) is 0 Å². The number of halogens is 1. The van der Waals surface area contributed by atoms with Crippen LogP contribution in [0.2, 0.25) is 0 Å². The summed E-state index contributed by atoms with van der Waals surface area (Å²) in [6.07, 6.45) is 0.744. The van der Waals surface area contributed by atoms with Crippen LogP contribution < -0.4 is 0 Å². The van der Waals surface area contributed by atoms with Crippen LogP contribution in [-0.2, 0) is 10.2 Å². The second kappa shape index (κ2) is 3.26. The van der Waals surface area contributed by atoms with Crippen LogP contribution in [-0.4, -0.2) is 16.0 Å². The van der Waals surface area contributed by atoms with Crippen molar-refractivity contribution in [1.29, 1.82) is 0 Å².